The van der Waals surface area contributed by atoms with Crippen LogP contribution in [-0.4, -0.2) is 26.5 Å². The van der Waals surface area contributed by atoms with Crippen LogP contribution in [0.2, 0.25) is 0 Å². The van der Waals surface area contributed by atoms with Crippen LogP contribution < -0.4 is 10.9 Å². The molecule has 1 saturated carbocycles. The van der Waals surface area contributed by atoms with Gasteiger partial charge in [-0.25, -0.2) is 9.97 Å². The molecule has 1 aliphatic heterocycles. The van der Waals surface area contributed by atoms with E-state index >= 15 is 0 Å². The largest absolute Gasteiger partial charge is 0.341 e. The van der Waals surface area contributed by atoms with Crippen molar-refractivity contribution < 1.29 is 0 Å². The number of fused-ring (bicyclic) bond motifs is 2. The van der Waals surface area contributed by atoms with Crippen LogP contribution in [0, 0.1) is 10.8 Å². The number of nitrogens with zero attached hydrogens (tertiary/aromatic N) is 2. The summed E-state index contributed by atoms with van der Waals surface area (Å²) in [6.07, 6.45) is 12.0. The average molecular weight is 556 g/mol. The Balaban J connectivity index is 1.15. The van der Waals surface area contributed by atoms with Gasteiger partial charge in [-0.1, -0.05) is 69.2 Å². The first-order valence-electron chi connectivity index (χ1n) is 15.4. The highest BCUT2D eigenvalue weighted by Crippen LogP contribution is 2.53. The molecule has 3 aromatic carbocycles. The van der Waals surface area contributed by atoms with E-state index in [0.29, 0.717) is 16.2 Å². The van der Waals surface area contributed by atoms with Crippen molar-refractivity contribution in [2.45, 2.75) is 64.8 Å². The van der Waals surface area contributed by atoms with Gasteiger partial charge in [0.1, 0.15) is 5.82 Å². The summed E-state index contributed by atoms with van der Waals surface area (Å²) in [7, 11) is 0. The summed E-state index contributed by atoms with van der Waals surface area (Å²) >= 11 is 0. The lowest BCUT2D eigenvalue weighted by molar-refractivity contribution is 0.318. The Bertz CT molecular complexity index is 1870. The lowest BCUT2D eigenvalue weighted by Gasteiger charge is -2.22. The van der Waals surface area contributed by atoms with Gasteiger partial charge in [0.05, 0.1) is 35.2 Å². The van der Waals surface area contributed by atoms with E-state index in [1.807, 2.05) is 18.3 Å². The van der Waals surface area contributed by atoms with E-state index in [2.05, 4.69) is 76.6 Å². The van der Waals surface area contributed by atoms with Crippen LogP contribution in [0.5, 0.6) is 0 Å². The fourth-order valence-corrected chi connectivity index (χ4v) is 7.94. The second-order valence-corrected chi connectivity index (χ2v) is 13.7. The number of rotatable bonds is 4. The van der Waals surface area contributed by atoms with Crippen LogP contribution in [0.3, 0.4) is 0 Å². The van der Waals surface area contributed by atoms with Gasteiger partial charge in [0, 0.05) is 6.54 Å². The molecule has 212 valence electrons. The van der Waals surface area contributed by atoms with Crippen molar-refractivity contribution in [2.24, 2.45) is 10.8 Å². The molecule has 8 rings (SSSR count). The third kappa shape index (κ3) is 4.31. The number of aromatic amines is 2. The Morgan fingerprint density at radius 1 is 0.833 bits per heavy atom. The Morgan fingerprint density at radius 3 is 2.24 bits per heavy atom. The summed E-state index contributed by atoms with van der Waals surface area (Å²) < 4.78 is 0. The first kappa shape index (κ1) is 25.7. The summed E-state index contributed by atoms with van der Waals surface area (Å²) in [5.41, 5.74) is 11.4. The monoisotopic (exact) mass is 555 g/mol. The van der Waals surface area contributed by atoms with E-state index in [0.717, 1.165) is 54.0 Å². The van der Waals surface area contributed by atoms with Gasteiger partial charge in [-0.15, -0.1) is 0 Å². The van der Waals surface area contributed by atoms with Crippen LogP contribution in [-0.2, 0) is 12.8 Å². The zero-order valence-electron chi connectivity index (χ0n) is 24.4. The number of hydrogen-bond acceptors (Lipinski definition) is 4. The summed E-state index contributed by atoms with van der Waals surface area (Å²) in [4.78, 5) is 28.0. The van der Waals surface area contributed by atoms with E-state index < -0.39 is 0 Å². The van der Waals surface area contributed by atoms with Crippen LogP contribution >= 0.6 is 0 Å². The Labute approximate surface area is 246 Å². The molecule has 1 atom stereocenters. The molecule has 2 fully saturated rings. The van der Waals surface area contributed by atoms with Gasteiger partial charge in [-0.2, -0.15) is 0 Å². The van der Waals surface area contributed by atoms with Crippen molar-refractivity contribution in [3.8, 4) is 33.5 Å². The molecule has 0 amide bonds. The first-order chi connectivity index (χ1) is 20.4. The molecular formula is C36H37N5O. The van der Waals surface area contributed by atoms with Crippen LogP contribution in [0.4, 0.5) is 0 Å². The fraction of sp³-hybridized carbons (Fsp3) is 0.361. The minimum atomic E-state index is -0.0878. The smallest absolute Gasteiger partial charge is 0.258 e. The number of imidazole rings is 1. The van der Waals surface area contributed by atoms with Gasteiger partial charge in [-0.05, 0) is 94.0 Å². The Kier molecular flexibility index (Phi) is 5.80. The highest BCUT2D eigenvalue weighted by molar-refractivity contribution is 5.86. The number of hydrogen-bond donors (Lipinski definition) is 3. The van der Waals surface area contributed by atoms with Gasteiger partial charge in [0.15, 0.2) is 0 Å². The lowest BCUT2D eigenvalue weighted by Crippen LogP contribution is -2.17. The Hall–Kier alpha value is -4.03. The highest BCUT2D eigenvalue weighted by Gasteiger charge is 2.41. The van der Waals surface area contributed by atoms with E-state index in [1.165, 1.54) is 59.8 Å². The van der Waals surface area contributed by atoms with Crippen LogP contribution in [0.1, 0.15) is 68.9 Å². The zero-order chi connectivity index (χ0) is 28.5. The summed E-state index contributed by atoms with van der Waals surface area (Å²) in [6.45, 7) is 5.63. The molecule has 3 N–H and O–H groups in total. The van der Waals surface area contributed by atoms with Gasteiger partial charge >= 0.3 is 0 Å². The third-order valence-corrected chi connectivity index (χ3v) is 10.2. The molecule has 3 aliphatic rings. The summed E-state index contributed by atoms with van der Waals surface area (Å²) in [5.74, 6) is 1.03. The minimum absolute atomic E-state index is 0.0878. The molecule has 0 unspecified atom stereocenters. The molecule has 5 aromatic rings. The van der Waals surface area contributed by atoms with Crippen LogP contribution in [0.15, 0.2) is 71.9 Å². The third-order valence-electron chi connectivity index (χ3n) is 10.2. The second-order valence-electron chi connectivity index (χ2n) is 13.7. The summed E-state index contributed by atoms with van der Waals surface area (Å²) in [5, 5.41) is 4.26. The predicted octanol–water partition coefficient (Wildman–Crippen LogP) is 7.37. The molecule has 0 radical (unpaired) electrons. The molecule has 2 aliphatic carbocycles. The highest BCUT2D eigenvalue weighted by atomic mass is 16.1. The molecule has 1 spiro atoms. The maximum absolute atomic E-state index is 12.6. The van der Waals surface area contributed by atoms with Gasteiger partial charge in [0.25, 0.3) is 5.56 Å². The molecule has 2 aromatic heterocycles. The number of H-pyrrole nitrogens is 2. The maximum Gasteiger partial charge on any atom is 0.258 e. The van der Waals surface area contributed by atoms with Crippen molar-refractivity contribution in [3.63, 3.8) is 0 Å². The maximum atomic E-state index is 12.6. The number of nitrogens with one attached hydrogen (secondary N) is 3. The van der Waals surface area contributed by atoms with Crippen molar-refractivity contribution in [1.29, 1.82) is 0 Å². The van der Waals surface area contributed by atoms with Crippen molar-refractivity contribution in [2.75, 3.05) is 6.54 Å². The Morgan fingerprint density at radius 2 is 1.52 bits per heavy atom. The fourth-order valence-electron chi connectivity index (χ4n) is 7.94. The van der Waals surface area contributed by atoms with Crippen molar-refractivity contribution >= 4 is 10.9 Å². The van der Waals surface area contributed by atoms with E-state index in [9.17, 15) is 4.79 Å². The normalized spacial score (nSPS) is 20.5. The molecule has 0 bridgehead atoms. The minimum Gasteiger partial charge on any atom is -0.341 e. The zero-order valence-corrected chi connectivity index (χ0v) is 24.4. The second kappa shape index (κ2) is 9.50. The molecule has 6 nitrogen and oxygen atoms in total. The van der Waals surface area contributed by atoms with E-state index in [1.54, 1.807) is 0 Å². The molecule has 6 heteroatoms. The summed E-state index contributed by atoms with van der Waals surface area (Å²) in [6, 6.07) is 20.0. The van der Waals surface area contributed by atoms with Crippen LogP contribution in [0.25, 0.3) is 44.4 Å². The van der Waals surface area contributed by atoms with Gasteiger partial charge in [0.2, 0.25) is 0 Å². The molecular weight excluding hydrogens is 518 g/mol. The standard InChI is InChI=1S/C36H37N5O/c1-35(2)18-31(38-20-35)33-37-19-32(41-33)23-7-5-22(6-8-23)25-10-11-26(29-17-36(16-28(25)29)13-3-4-14-36)24-9-12-30-27(15-24)34(42)40-21-39-30/h5-12,15,19,21,31,38H,3-4,13-14,16-18,20H2,1-2H3,(H,37,41)(H,39,40,42)/t31-/m0/s1. The van der Waals surface area contributed by atoms with Gasteiger partial charge in [-0.3, -0.25) is 4.79 Å². The number of benzene rings is 3. The van der Waals surface area contributed by atoms with E-state index in [-0.39, 0.29) is 11.6 Å². The average Bonchev–Trinajstić information content (AvgIpc) is 3.80. The number of aromatic nitrogens is 4. The predicted molar refractivity (Wildman–Crippen MR) is 168 cm³/mol. The quantitative estimate of drug-likeness (QED) is 0.216. The van der Waals surface area contributed by atoms with Gasteiger partial charge < -0.3 is 15.3 Å². The molecule has 1 saturated heterocycles. The topological polar surface area (TPSA) is 86.5 Å². The van der Waals surface area contributed by atoms with Crippen molar-refractivity contribution in [3.05, 3.63) is 94.4 Å². The van der Waals surface area contributed by atoms with Crippen molar-refractivity contribution in [1.82, 2.24) is 25.3 Å². The molecule has 3 heterocycles. The molecule has 42 heavy (non-hydrogen) atoms. The SMILES string of the molecule is CC1(C)CN[C@H](c2ncc(-c3ccc(-c4ccc(-c5ccc6nc[nH]c(=O)c6c5)c5c4CC4(CCCC4)C5)cc3)[nH]2)C1. The lowest BCUT2D eigenvalue weighted by atomic mass is 9.82. The first-order valence-corrected chi connectivity index (χ1v) is 15.4. The van der Waals surface area contributed by atoms with E-state index in [4.69, 9.17) is 4.98 Å².